The molecule has 2 N–H and O–H groups in total. The number of nitrogens with zero attached hydrogens (tertiary/aromatic N) is 1. The minimum atomic E-state index is 0.294. The van der Waals surface area contributed by atoms with Gasteiger partial charge in [-0.15, -0.1) is 0 Å². The Morgan fingerprint density at radius 1 is 1.60 bits per heavy atom. The highest BCUT2D eigenvalue weighted by molar-refractivity contribution is 6.05. The summed E-state index contributed by atoms with van der Waals surface area (Å²) in [7, 11) is 0. The van der Waals surface area contributed by atoms with Crippen LogP contribution in [0.3, 0.4) is 0 Å². The molecule has 0 saturated heterocycles. The number of allylic oxidation sites excluding steroid dienone is 2. The topological polar surface area (TPSA) is 38.4 Å². The summed E-state index contributed by atoms with van der Waals surface area (Å²) in [6.07, 6.45) is 7.99. The average Bonchev–Trinajstić information content (AvgIpc) is 2.33. The summed E-state index contributed by atoms with van der Waals surface area (Å²) in [5, 5.41) is 0. The number of hydrogen-bond donors (Lipinski definition) is 1. The highest BCUT2D eigenvalue weighted by Gasteiger charge is 2.16. The summed E-state index contributed by atoms with van der Waals surface area (Å²) in [5.74, 6) is 0. The van der Waals surface area contributed by atoms with Crippen molar-refractivity contribution in [1.29, 1.82) is 0 Å². The molecule has 0 radical (unpaired) electrons. The molecule has 1 unspecified atom stereocenters. The lowest BCUT2D eigenvalue weighted by molar-refractivity contribution is 0.701. The predicted octanol–water partition coefficient (Wildman–Crippen LogP) is 1.00. The lowest BCUT2D eigenvalue weighted by atomic mass is 9.95. The van der Waals surface area contributed by atoms with Gasteiger partial charge in [-0.3, -0.25) is 4.99 Å². The lowest BCUT2D eigenvalue weighted by Gasteiger charge is -2.15. The molecule has 0 aromatic rings. The third kappa shape index (κ3) is 0.809. The maximum absolute atomic E-state index is 5.74. The van der Waals surface area contributed by atoms with Crippen molar-refractivity contribution in [2.24, 2.45) is 10.7 Å². The summed E-state index contributed by atoms with van der Waals surface area (Å²) < 4.78 is 0. The number of rotatable bonds is 0. The third-order valence-corrected chi connectivity index (χ3v) is 1.91. The Labute approximate surface area is 60.1 Å². The van der Waals surface area contributed by atoms with Crippen LogP contribution in [-0.2, 0) is 0 Å². The van der Waals surface area contributed by atoms with Gasteiger partial charge >= 0.3 is 0 Å². The van der Waals surface area contributed by atoms with Crippen LogP contribution in [0.4, 0.5) is 0 Å². The Morgan fingerprint density at radius 2 is 2.50 bits per heavy atom. The second-order valence-corrected chi connectivity index (χ2v) is 2.75. The summed E-state index contributed by atoms with van der Waals surface area (Å²) in [5.41, 5.74) is 8.18. The molecule has 0 saturated carbocycles. The van der Waals surface area contributed by atoms with Crippen LogP contribution >= 0.6 is 0 Å². The van der Waals surface area contributed by atoms with Crippen LogP contribution in [0.2, 0.25) is 0 Å². The number of aliphatic imine (C=N–C) groups is 1. The Bertz CT molecular complexity index is 236. The molecule has 10 heavy (non-hydrogen) atoms. The molecular weight excluding hydrogens is 124 g/mol. The molecule has 0 aromatic heterocycles. The minimum Gasteiger partial charge on any atom is -0.327 e. The van der Waals surface area contributed by atoms with E-state index in [-0.39, 0.29) is 0 Å². The predicted molar refractivity (Wildman–Crippen MR) is 41.9 cm³/mol. The summed E-state index contributed by atoms with van der Waals surface area (Å²) in [6.45, 7) is 0. The Kier molecular flexibility index (Phi) is 1.21. The van der Waals surface area contributed by atoms with Gasteiger partial charge in [0, 0.05) is 24.4 Å². The summed E-state index contributed by atoms with van der Waals surface area (Å²) in [6, 6.07) is 0.294. The van der Waals surface area contributed by atoms with E-state index in [2.05, 4.69) is 11.1 Å². The highest BCUT2D eigenvalue weighted by atomic mass is 14.8. The van der Waals surface area contributed by atoms with Gasteiger partial charge in [-0.1, -0.05) is 6.08 Å². The van der Waals surface area contributed by atoms with Gasteiger partial charge in [-0.25, -0.2) is 0 Å². The van der Waals surface area contributed by atoms with Crippen LogP contribution in [-0.4, -0.2) is 11.8 Å². The smallest absolute Gasteiger partial charge is 0.0488 e. The van der Waals surface area contributed by atoms with Gasteiger partial charge in [0.15, 0.2) is 0 Å². The molecule has 2 heteroatoms. The number of hydrogen-bond acceptors (Lipinski definition) is 2. The molecule has 0 spiro atoms. The zero-order chi connectivity index (χ0) is 6.97. The quantitative estimate of drug-likeness (QED) is 0.527. The van der Waals surface area contributed by atoms with Crippen molar-refractivity contribution in [2.75, 3.05) is 0 Å². The molecule has 0 bridgehead atoms. The molecule has 1 aliphatic carbocycles. The van der Waals surface area contributed by atoms with Gasteiger partial charge in [-0.05, 0) is 18.1 Å². The third-order valence-electron chi connectivity index (χ3n) is 1.91. The van der Waals surface area contributed by atoms with Gasteiger partial charge in [0.1, 0.15) is 0 Å². The fourth-order valence-corrected chi connectivity index (χ4v) is 1.34. The van der Waals surface area contributed by atoms with Gasteiger partial charge < -0.3 is 5.73 Å². The van der Waals surface area contributed by atoms with E-state index >= 15 is 0 Å². The molecule has 0 fully saturated rings. The first kappa shape index (κ1) is 5.86. The molecule has 0 aromatic carbocycles. The Morgan fingerprint density at radius 3 is 3.40 bits per heavy atom. The summed E-state index contributed by atoms with van der Waals surface area (Å²) in [4.78, 5) is 4.20. The van der Waals surface area contributed by atoms with E-state index in [1.54, 1.807) is 0 Å². The highest BCUT2D eigenvalue weighted by Crippen LogP contribution is 2.19. The molecule has 1 heterocycles. The SMILES string of the molecule is NC1CC=C2C=CN=C2C1. The van der Waals surface area contributed by atoms with Crippen molar-refractivity contribution in [3.8, 4) is 0 Å². The van der Waals surface area contributed by atoms with Crippen LogP contribution in [0.1, 0.15) is 12.8 Å². The number of fused-ring (bicyclic) bond motifs is 1. The maximum atomic E-state index is 5.74. The largest absolute Gasteiger partial charge is 0.327 e. The van der Waals surface area contributed by atoms with Crippen molar-refractivity contribution in [3.63, 3.8) is 0 Å². The van der Waals surface area contributed by atoms with E-state index in [9.17, 15) is 0 Å². The van der Waals surface area contributed by atoms with Crippen molar-refractivity contribution >= 4 is 5.71 Å². The van der Waals surface area contributed by atoms with E-state index in [1.807, 2.05) is 12.3 Å². The minimum absolute atomic E-state index is 0.294. The standard InChI is InChI=1S/C8H10N2/c9-7-2-1-6-3-4-10-8(6)5-7/h1,3-4,7H,2,5,9H2. The fraction of sp³-hybridized carbons (Fsp3) is 0.375. The van der Waals surface area contributed by atoms with Gasteiger partial charge in [-0.2, -0.15) is 0 Å². The second kappa shape index (κ2) is 2.06. The summed E-state index contributed by atoms with van der Waals surface area (Å²) >= 11 is 0. The zero-order valence-electron chi connectivity index (χ0n) is 5.75. The molecule has 2 rings (SSSR count). The maximum Gasteiger partial charge on any atom is 0.0488 e. The molecule has 1 atom stereocenters. The molecule has 1 aliphatic heterocycles. The molecule has 0 amide bonds. The monoisotopic (exact) mass is 134 g/mol. The van der Waals surface area contributed by atoms with Crippen LogP contribution in [0, 0.1) is 0 Å². The first-order valence-corrected chi connectivity index (χ1v) is 3.55. The van der Waals surface area contributed by atoms with E-state index in [4.69, 9.17) is 5.73 Å². The Balaban J connectivity index is 2.30. The Hall–Kier alpha value is -0.890. The van der Waals surface area contributed by atoms with Crippen molar-refractivity contribution < 1.29 is 0 Å². The zero-order valence-corrected chi connectivity index (χ0v) is 5.75. The molecule has 2 nitrogen and oxygen atoms in total. The van der Waals surface area contributed by atoms with Crippen LogP contribution in [0.5, 0.6) is 0 Å². The van der Waals surface area contributed by atoms with Gasteiger partial charge in [0.05, 0.1) is 0 Å². The van der Waals surface area contributed by atoms with E-state index in [0.717, 1.165) is 12.8 Å². The average molecular weight is 134 g/mol. The first-order valence-electron chi connectivity index (χ1n) is 3.55. The fourth-order valence-electron chi connectivity index (χ4n) is 1.34. The van der Waals surface area contributed by atoms with Crippen LogP contribution in [0.15, 0.2) is 28.9 Å². The second-order valence-electron chi connectivity index (χ2n) is 2.75. The van der Waals surface area contributed by atoms with E-state index in [0.29, 0.717) is 6.04 Å². The van der Waals surface area contributed by atoms with E-state index < -0.39 is 0 Å². The molecular formula is C8H10N2. The van der Waals surface area contributed by atoms with Crippen molar-refractivity contribution in [1.82, 2.24) is 0 Å². The number of nitrogens with two attached hydrogens (primary N) is 1. The van der Waals surface area contributed by atoms with Crippen molar-refractivity contribution in [3.05, 3.63) is 23.9 Å². The van der Waals surface area contributed by atoms with Gasteiger partial charge in [0.25, 0.3) is 0 Å². The molecule has 2 aliphatic rings. The lowest BCUT2D eigenvalue weighted by Crippen LogP contribution is -2.26. The van der Waals surface area contributed by atoms with Crippen LogP contribution in [0.25, 0.3) is 0 Å². The molecule has 52 valence electrons. The van der Waals surface area contributed by atoms with Crippen LogP contribution < -0.4 is 5.73 Å². The van der Waals surface area contributed by atoms with E-state index in [1.165, 1.54) is 11.3 Å². The van der Waals surface area contributed by atoms with Gasteiger partial charge in [0.2, 0.25) is 0 Å². The van der Waals surface area contributed by atoms with Crippen molar-refractivity contribution in [2.45, 2.75) is 18.9 Å². The normalized spacial score (nSPS) is 29.5. The first-order chi connectivity index (χ1) is 4.86.